The maximum absolute atomic E-state index is 11.9. The number of alkyl halides is 3. The molecule has 0 spiro atoms. The molecule has 0 saturated heterocycles. The molecule has 110 valence electrons. The van der Waals surface area contributed by atoms with Gasteiger partial charge in [-0.15, -0.1) is 0 Å². The first kappa shape index (κ1) is 16.1. The number of benzene rings is 1. The van der Waals surface area contributed by atoms with E-state index in [2.05, 4.69) is 5.32 Å². The van der Waals surface area contributed by atoms with Crippen LogP contribution in [0.3, 0.4) is 0 Å². The first-order valence-electron chi connectivity index (χ1n) is 5.33. The minimum atomic E-state index is -4.36. The highest BCUT2D eigenvalue weighted by Crippen LogP contribution is 2.21. The van der Waals surface area contributed by atoms with E-state index in [1.807, 2.05) is 5.32 Å². The maximum Gasteiger partial charge on any atom is 0.390 e. The molecular weight excluding hydrogens is 301 g/mol. The molecule has 0 aliphatic carbocycles. The van der Waals surface area contributed by atoms with Crippen molar-refractivity contribution in [3.05, 3.63) is 28.8 Å². The van der Waals surface area contributed by atoms with E-state index in [9.17, 15) is 22.8 Å². The largest absolute Gasteiger partial charge is 0.478 e. The molecule has 0 heterocycles. The number of carbonyl (C=O) groups is 2. The van der Waals surface area contributed by atoms with E-state index >= 15 is 0 Å². The summed E-state index contributed by atoms with van der Waals surface area (Å²) >= 11 is 5.63. The van der Waals surface area contributed by atoms with Crippen LogP contribution in [0.1, 0.15) is 16.8 Å². The molecule has 0 unspecified atom stereocenters. The van der Waals surface area contributed by atoms with Crippen LogP contribution in [0, 0.1) is 0 Å². The normalized spacial score (nSPS) is 11.0. The van der Waals surface area contributed by atoms with Crippen molar-refractivity contribution in [3.8, 4) is 0 Å². The number of carboxylic acids is 1. The lowest BCUT2D eigenvalue weighted by Gasteiger charge is -2.10. The Balaban J connectivity index is 2.58. The molecule has 0 saturated carbocycles. The van der Waals surface area contributed by atoms with Gasteiger partial charge in [0, 0.05) is 12.2 Å². The van der Waals surface area contributed by atoms with Crippen molar-refractivity contribution in [1.29, 1.82) is 0 Å². The van der Waals surface area contributed by atoms with Crippen LogP contribution in [0.25, 0.3) is 0 Å². The third-order valence-corrected chi connectivity index (χ3v) is 2.48. The van der Waals surface area contributed by atoms with Crippen LogP contribution in [0.15, 0.2) is 18.2 Å². The average molecular weight is 311 g/mol. The zero-order valence-corrected chi connectivity index (χ0v) is 10.7. The summed E-state index contributed by atoms with van der Waals surface area (Å²) in [5.74, 6) is -1.28. The predicted octanol–water partition coefficient (Wildman–Crippen LogP) is 3.11. The summed E-state index contributed by atoms with van der Waals surface area (Å²) in [7, 11) is 0. The molecule has 0 aromatic heterocycles. The Hall–Kier alpha value is -1.96. The Morgan fingerprint density at radius 2 is 1.95 bits per heavy atom. The maximum atomic E-state index is 11.9. The zero-order chi connectivity index (χ0) is 15.3. The lowest BCUT2D eigenvalue weighted by atomic mass is 10.2. The smallest absolute Gasteiger partial charge is 0.390 e. The number of rotatable bonds is 4. The number of carbonyl (C=O) groups excluding carboxylic acids is 1. The summed E-state index contributed by atoms with van der Waals surface area (Å²) in [5, 5.41) is 13.0. The summed E-state index contributed by atoms with van der Waals surface area (Å²) in [5.41, 5.74) is -0.115. The zero-order valence-electron chi connectivity index (χ0n) is 9.92. The third-order valence-electron chi connectivity index (χ3n) is 2.15. The second kappa shape index (κ2) is 6.47. The van der Waals surface area contributed by atoms with Crippen LogP contribution in [0.5, 0.6) is 0 Å². The van der Waals surface area contributed by atoms with Crippen molar-refractivity contribution in [1.82, 2.24) is 5.32 Å². The molecule has 20 heavy (non-hydrogen) atoms. The van der Waals surface area contributed by atoms with Crippen LogP contribution in [-0.4, -0.2) is 29.8 Å². The Bertz CT molecular complexity index is 520. The predicted molar refractivity (Wildman–Crippen MR) is 66.1 cm³/mol. The van der Waals surface area contributed by atoms with Gasteiger partial charge in [0.05, 0.1) is 17.0 Å². The van der Waals surface area contributed by atoms with E-state index in [4.69, 9.17) is 16.7 Å². The molecule has 1 aromatic rings. The molecule has 1 rings (SSSR count). The van der Waals surface area contributed by atoms with Gasteiger partial charge >= 0.3 is 18.2 Å². The van der Waals surface area contributed by atoms with Gasteiger partial charge in [-0.3, -0.25) is 0 Å². The number of halogens is 4. The number of anilines is 1. The van der Waals surface area contributed by atoms with Crippen LogP contribution >= 0.6 is 11.6 Å². The average Bonchev–Trinajstić information content (AvgIpc) is 2.29. The fraction of sp³-hybridized carbons (Fsp3) is 0.273. The van der Waals surface area contributed by atoms with Crippen LogP contribution in [0.4, 0.5) is 23.7 Å². The van der Waals surface area contributed by atoms with Gasteiger partial charge in [0.25, 0.3) is 0 Å². The first-order chi connectivity index (χ1) is 9.19. The summed E-state index contributed by atoms with van der Waals surface area (Å²) in [4.78, 5) is 22.1. The minimum absolute atomic E-state index is 0.0134. The van der Waals surface area contributed by atoms with Crippen molar-refractivity contribution in [3.63, 3.8) is 0 Å². The highest BCUT2D eigenvalue weighted by molar-refractivity contribution is 6.33. The highest BCUT2D eigenvalue weighted by Gasteiger charge is 2.26. The highest BCUT2D eigenvalue weighted by atomic mass is 35.5. The second-order valence-corrected chi connectivity index (χ2v) is 4.15. The van der Waals surface area contributed by atoms with Crippen molar-refractivity contribution in [2.75, 3.05) is 11.9 Å². The Labute approximate surface area is 116 Å². The Kier molecular flexibility index (Phi) is 5.20. The lowest BCUT2D eigenvalue weighted by Crippen LogP contribution is -2.31. The number of hydrogen-bond acceptors (Lipinski definition) is 2. The quantitative estimate of drug-likeness (QED) is 0.799. The molecule has 1 aromatic carbocycles. The standard InChI is InChI=1S/C11H10ClF3N2O3/c12-8-2-1-6(5-7(8)9(18)19)17-10(20)16-4-3-11(13,14)15/h1-2,5H,3-4H2,(H,18,19)(H2,16,17,20). The van der Waals surface area contributed by atoms with E-state index in [0.717, 1.165) is 6.07 Å². The van der Waals surface area contributed by atoms with Crippen LogP contribution < -0.4 is 10.6 Å². The van der Waals surface area contributed by atoms with Crippen LogP contribution in [-0.2, 0) is 0 Å². The van der Waals surface area contributed by atoms with Gasteiger partial charge in [0.2, 0.25) is 0 Å². The van der Waals surface area contributed by atoms with Gasteiger partial charge in [-0.1, -0.05) is 11.6 Å². The molecule has 0 bridgehead atoms. The Morgan fingerprint density at radius 3 is 2.50 bits per heavy atom. The monoisotopic (exact) mass is 310 g/mol. The van der Waals surface area contributed by atoms with Crippen molar-refractivity contribution < 1.29 is 27.9 Å². The van der Waals surface area contributed by atoms with Crippen molar-refractivity contribution in [2.45, 2.75) is 12.6 Å². The second-order valence-electron chi connectivity index (χ2n) is 3.75. The fourth-order valence-electron chi connectivity index (χ4n) is 1.26. The van der Waals surface area contributed by atoms with Crippen LogP contribution in [0.2, 0.25) is 5.02 Å². The number of amides is 2. The summed E-state index contributed by atoms with van der Waals surface area (Å²) < 4.78 is 35.6. The number of urea groups is 1. The first-order valence-corrected chi connectivity index (χ1v) is 5.71. The number of hydrogen-bond donors (Lipinski definition) is 3. The molecular formula is C11H10ClF3N2O3. The summed E-state index contributed by atoms with van der Waals surface area (Å²) in [6, 6.07) is 2.83. The van der Waals surface area contributed by atoms with E-state index in [1.165, 1.54) is 12.1 Å². The molecule has 0 atom stereocenters. The molecule has 5 nitrogen and oxygen atoms in total. The fourth-order valence-corrected chi connectivity index (χ4v) is 1.46. The summed E-state index contributed by atoms with van der Waals surface area (Å²) in [6.45, 7) is -0.575. The topological polar surface area (TPSA) is 78.4 Å². The molecule has 0 aliphatic rings. The van der Waals surface area contributed by atoms with Gasteiger partial charge in [-0.2, -0.15) is 13.2 Å². The third kappa shape index (κ3) is 5.35. The van der Waals surface area contributed by atoms with E-state index in [-0.39, 0.29) is 16.3 Å². The van der Waals surface area contributed by atoms with Gasteiger partial charge in [-0.05, 0) is 18.2 Å². The number of nitrogens with one attached hydrogen (secondary N) is 2. The molecule has 9 heteroatoms. The van der Waals surface area contributed by atoms with E-state index in [0.29, 0.717) is 0 Å². The van der Waals surface area contributed by atoms with Gasteiger partial charge in [0.1, 0.15) is 0 Å². The Morgan fingerprint density at radius 1 is 1.30 bits per heavy atom. The van der Waals surface area contributed by atoms with E-state index < -0.39 is 31.1 Å². The number of aromatic carboxylic acids is 1. The molecule has 0 radical (unpaired) electrons. The number of carboxylic acid groups (broad SMARTS) is 1. The molecule has 0 aliphatic heterocycles. The van der Waals surface area contributed by atoms with Gasteiger partial charge in [-0.25, -0.2) is 9.59 Å². The van der Waals surface area contributed by atoms with Crippen molar-refractivity contribution >= 4 is 29.3 Å². The summed E-state index contributed by atoms with van der Waals surface area (Å²) in [6.07, 6.45) is -5.51. The van der Waals surface area contributed by atoms with E-state index in [1.54, 1.807) is 0 Å². The molecule has 0 fully saturated rings. The minimum Gasteiger partial charge on any atom is -0.478 e. The SMILES string of the molecule is O=C(NCCC(F)(F)F)Nc1ccc(Cl)c(C(=O)O)c1. The van der Waals surface area contributed by atoms with Crippen molar-refractivity contribution in [2.24, 2.45) is 0 Å². The van der Waals surface area contributed by atoms with Gasteiger partial charge < -0.3 is 15.7 Å². The molecule has 3 N–H and O–H groups in total. The molecule has 2 amide bonds. The lowest BCUT2D eigenvalue weighted by molar-refractivity contribution is -0.132. The van der Waals surface area contributed by atoms with Gasteiger partial charge in [0.15, 0.2) is 0 Å².